The minimum Gasteiger partial charge on any atom is -0.338 e. The van der Waals surface area contributed by atoms with E-state index in [4.69, 9.17) is 17.3 Å². The highest BCUT2D eigenvalue weighted by Gasteiger charge is 2.21. The highest BCUT2D eigenvalue weighted by atomic mass is 35.5. The van der Waals surface area contributed by atoms with Gasteiger partial charge in [-0.3, -0.25) is 4.79 Å². The molecule has 0 aliphatic heterocycles. The van der Waals surface area contributed by atoms with Crippen molar-refractivity contribution < 1.29 is 4.79 Å². The van der Waals surface area contributed by atoms with E-state index < -0.39 is 6.04 Å². The predicted octanol–water partition coefficient (Wildman–Crippen LogP) is 1.07. The highest BCUT2D eigenvalue weighted by Crippen LogP contribution is 2.07. The number of nitrogens with zero attached hydrogens (tertiary/aromatic N) is 3. The van der Waals surface area contributed by atoms with Gasteiger partial charge in [-0.2, -0.15) is 5.10 Å². The minimum atomic E-state index is -0.486. The molecule has 1 unspecified atom stereocenters. The van der Waals surface area contributed by atoms with Gasteiger partial charge in [-0.05, 0) is 18.1 Å². The average Bonchev–Trinajstić information content (AvgIpc) is 2.30. The van der Waals surface area contributed by atoms with Crippen LogP contribution in [0.3, 0.4) is 0 Å². The zero-order valence-corrected chi connectivity index (χ0v) is 11.0. The standard InChI is InChI=1S/C11H17ClN4O/c1-7(2)10(13)11(17)16(3)6-8-4-5-9(12)15-14-8/h4-5,7,10H,6,13H2,1-3H3. The summed E-state index contributed by atoms with van der Waals surface area (Å²) in [7, 11) is 1.70. The van der Waals surface area contributed by atoms with Crippen molar-refractivity contribution >= 4 is 17.5 Å². The van der Waals surface area contributed by atoms with E-state index in [1.165, 1.54) is 0 Å². The van der Waals surface area contributed by atoms with Crippen molar-refractivity contribution in [3.8, 4) is 0 Å². The van der Waals surface area contributed by atoms with E-state index in [0.29, 0.717) is 17.4 Å². The topological polar surface area (TPSA) is 72.1 Å². The molecule has 1 amide bonds. The summed E-state index contributed by atoms with van der Waals surface area (Å²) in [4.78, 5) is 13.4. The maximum Gasteiger partial charge on any atom is 0.239 e. The first-order valence-electron chi connectivity index (χ1n) is 5.40. The van der Waals surface area contributed by atoms with Crippen LogP contribution in [-0.2, 0) is 11.3 Å². The van der Waals surface area contributed by atoms with Gasteiger partial charge in [-0.15, -0.1) is 5.10 Å². The van der Waals surface area contributed by atoms with Gasteiger partial charge in [0.25, 0.3) is 0 Å². The van der Waals surface area contributed by atoms with Crippen LogP contribution in [0.4, 0.5) is 0 Å². The lowest BCUT2D eigenvalue weighted by molar-refractivity contribution is -0.132. The lowest BCUT2D eigenvalue weighted by Crippen LogP contribution is -2.44. The Morgan fingerprint density at radius 1 is 1.47 bits per heavy atom. The minimum absolute atomic E-state index is 0.100. The number of carbonyl (C=O) groups is 1. The lowest BCUT2D eigenvalue weighted by atomic mass is 10.0. The van der Waals surface area contributed by atoms with Crippen LogP contribution in [0.5, 0.6) is 0 Å². The number of nitrogens with two attached hydrogens (primary N) is 1. The second-order valence-corrected chi connectivity index (χ2v) is 4.70. The maximum absolute atomic E-state index is 11.9. The monoisotopic (exact) mass is 256 g/mol. The van der Waals surface area contributed by atoms with Crippen molar-refractivity contribution in [3.05, 3.63) is 23.0 Å². The number of hydrogen-bond donors (Lipinski definition) is 1. The summed E-state index contributed by atoms with van der Waals surface area (Å²) in [5, 5.41) is 7.94. The normalized spacial score (nSPS) is 12.6. The van der Waals surface area contributed by atoms with E-state index >= 15 is 0 Å². The molecule has 0 aliphatic rings. The van der Waals surface area contributed by atoms with Crippen LogP contribution in [-0.4, -0.2) is 34.1 Å². The number of halogens is 1. The summed E-state index contributed by atoms with van der Waals surface area (Å²) in [6.45, 7) is 4.21. The quantitative estimate of drug-likeness (QED) is 0.875. The van der Waals surface area contributed by atoms with Crippen LogP contribution in [0.2, 0.25) is 5.15 Å². The summed E-state index contributed by atoms with van der Waals surface area (Å²) in [5.74, 6) is 0.0120. The number of hydrogen-bond acceptors (Lipinski definition) is 4. The molecule has 1 heterocycles. The van der Waals surface area contributed by atoms with Crippen molar-refractivity contribution in [2.45, 2.75) is 26.4 Å². The van der Waals surface area contributed by atoms with Crippen LogP contribution >= 0.6 is 11.6 Å². The van der Waals surface area contributed by atoms with Gasteiger partial charge in [0, 0.05) is 7.05 Å². The zero-order chi connectivity index (χ0) is 13.0. The number of rotatable bonds is 4. The molecule has 0 aliphatic carbocycles. The first kappa shape index (κ1) is 13.9. The van der Waals surface area contributed by atoms with Crippen molar-refractivity contribution in [3.63, 3.8) is 0 Å². The molecule has 1 aromatic heterocycles. The molecule has 2 N–H and O–H groups in total. The van der Waals surface area contributed by atoms with Gasteiger partial charge in [0.15, 0.2) is 5.15 Å². The van der Waals surface area contributed by atoms with Gasteiger partial charge in [0.2, 0.25) is 5.91 Å². The van der Waals surface area contributed by atoms with E-state index in [2.05, 4.69) is 10.2 Å². The van der Waals surface area contributed by atoms with Crippen molar-refractivity contribution in [2.24, 2.45) is 11.7 Å². The summed E-state index contributed by atoms with van der Waals surface area (Å²) in [6.07, 6.45) is 0. The summed E-state index contributed by atoms with van der Waals surface area (Å²) >= 11 is 5.63. The molecule has 0 bridgehead atoms. The lowest BCUT2D eigenvalue weighted by Gasteiger charge is -2.22. The predicted molar refractivity (Wildman–Crippen MR) is 66.3 cm³/mol. The first-order chi connectivity index (χ1) is 7.91. The molecule has 1 aromatic rings. The number of amides is 1. The van der Waals surface area contributed by atoms with Gasteiger partial charge < -0.3 is 10.6 Å². The van der Waals surface area contributed by atoms with E-state index in [-0.39, 0.29) is 11.8 Å². The smallest absolute Gasteiger partial charge is 0.239 e. The van der Waals surface area contributed by atoms with Gasteiger partial charge in [-0.1, -0.05) is 25.4 Å². The Morgan fingerprint density at radius 3 is 2.59 bits per heavy atom. The summed E-state index contributed by atoms with van der Waals surface area (Å²) in [5.41, 5.74) is 6.47. The number of likely N-dealkylation sites (N-methyl/N-ethyl adjacent to an activating group) is 1. The highest BCUT2D eigenvalue weighted by molar-refractivity contribution is 6.29. The third kappa shape index (κ3) is 3.94. The maximum atomic E-state index is 11.9. The van der Waals surface area contributed by atoms with Crippen molar-refractivity contribution in [2.75, 3.05) is 7.05 Å². The van der Waals surface area contributed by atoms with Crippen LogP contribution < -0.4 is 5.73 Å². The van der Waals surface area contributed by atoms with E-state index in [1.807, 2.05) is 13.8 Å². The molecule has 0 fully saturated rings. The van der Waals surface area contributed by atoms with Crippen LogP contribution in [0, 0.1) is 5.92 Å². The van der Waals surface area contributed by atoms with Crippen LogP contribution in [0.1, 0.15) is 19.5 Å². The van der Waals surface area contributed by atoms with Crippen LogP contribution in [0.25, 0.3) is 0 Å². The molecule has 1 rings (SSSR count). The Morgan fingerprint density at radius 2 is 2.12 bits per heavy atom. The molecule has 5 nitrogen and oxygen atoms in total. The molecule has 1 atom stereocenters. The molecule has 0 radical (unpaired) electrons. The van der Waals surface area contributed by atoms with E-state index in [9.17, 15) is 4.79 Å². The Labute approximate surface area is 106 Å². The van der Waals surface area contributed by atoms with Gasteiger partial charge >= 0.3 is 0 Å². The number of carbonyl (C=O) groups excluding carboxylic acids is 1. The molecule has 0 spiro atoms. The summed E-state index contributed by atoms with van der Waals surface area (Å²) < 4.78 is 0. The Balaban J connectivity index is 2.63. The molecule has 0 aromatic carbocycles. The van der Waals surface area contributed by atoms with E-state index in [0.717, 1.165) is 0 Å². The number of aromatic nitrogens is 2. The second kappa shape index (κ2) is 5.93. The van der Waals surface area contributed by atoms with Crippen LogP contribution in [0.15, 0.2) is 12.1 Å². The zero-order valence-electron chi connectivity index (χ0n) is 10.2. The molecule has 0 saturated carbocycles. The SMILES string of the molecule is CC(C)C(N)C(=O)N(C)Cc1ccc(Cl)nn1. The average molecular weight is 257 g/mol. The molecule has 17 heavy (non-hydrogen) atoms. The fraction of sp³-hybridized carbons (Fsp3) is 0.545. The Hall–Kier alpha value is -1.20. The third-order valence-corrected chi connectivity index (χ3v) is 2.67. The van der Waals surface area contributed by atoms with Crippen molar-refractivity contribution in [1.82, 2.24) is 15.1 Å². The van der Waals surface area contributed by atoms with Gasteiger partial charge in [0.1, 0.15) is 0 Å². The summed E-state index contributed by atoms with van der Waals surface area (Å²) in [6, 6.07) is 2.89. The first-order valence-corrected chi connectivity index (χ1v) is 5.78. The van der Waals surface area contributed by atoms with Gasteiger partial charge in [-0.25, -0.2) is 0 Å². The van der Waals surface area contributed by atoms with Crippen molar-refractivity contribution in [1.29, 1.82) is 0 Å². The van der Waals surface area contributed by atoms with E-state index in [1.54, 1.807) is 24.1 Å². The van der Waals surface area contributed by atoms with Gasteiger partial charge in [0.05, 0.1) is 18.3 Å². The second-order valence-electron chi connectivity index (χ2n) is 4.31. The Bertz CT molecular complexity index is 380. The fourth-order valence-corrected chi connectivity index (χ4v) is 1.39. The largest absolute Gasteiger partial charge is 0.338 e. The molecular formula is C11H17ClN4O. The fourth-order valence-electron chi connectivity index (χ4n) is 1.29. The molecule has 94 valence electrons. The molecule has 6 heteroatoms. The third-order valence-electron chi connectivity index (χ3n) is 2.47. The molecular weight excluding hydrogens is 240 g/mol. The molecule has 0 saturated heterocycles. The Kier molecular flexibility index (Phi) is 4.84.